The fourth-order valence-corrected chi connectivity index (χ4v) is 4.41. The summed E-state index contributed by atoms with van der Waals surface area (Å²) >= 11 is 0. The largest absolute Gasteiger partial charge is 0.292 e. The van der Waals surface area contributed by atoms with Crippen LogP contribution in [0.3, 0.4) is 0 Å². The third kappa shape index (κ3) is 4.03. The maximum Gasteiger partial charge on any atom is 0.115 e. The molecule has 1 fully saturated rings. The monoisotopic (exact) mass is 391 g/mol. The Bertz CT molecular complexity index is 1070. The van der Waals surface area contributed by atoms with Crippen LogP contribution in [0.1, 0.15) is 30.0 Å². The number of likely N-dealkylation sites (tertiary alicyclic amines) is 1. The fourth-order valence-electron chi connectivity index (χ4n) is 4.41. The zero-order valence-corrected chi connectivity index (χ0v) is 17.0. The molecule has 0 saturated carbocycles. The SMILES string of the molecule is c1ccc(CN2CCCC2c2ccc(-c3ccc(-c4cncnc4)cc3)cc2)cc1. The van der Waals surface area contributed by atoms with Crippen LogP contribution in [0.5, 0.6) is 0 Å². The zero-order chi connectivity index (χ0) is 20.2. The Labute approximate surface area is 178 Å². The fraction of sp³-hybridized carbons (Fsp3) is 0.185. The molecule has 0 bridgehead atoms. The summed E-state index contributed by atoms with van der Waals surface area (Å²) in [5, 5.41) is 0. The third-order valence-corrected chi connectivity index (χ3v) is 6.00. The van der Waals surface area contributed by atoms with E-state index >= 15 is 0 Å². The van der Waals surface area contributed by atoms with Crippen molar-refractivity contribution in [1.29, 1.82) is 0 Å². The van der Waals surface area contributed by atoms with Crippen molar-refractivity contribution in [3.63, 3.8) is 0 Å². The molecule has 1 atom stereocenters. The first-order valence-corrected chi connectivity index (χ1v) is 10.6. The Balaban J connectivity index is 1.31. The van der Waals surface area contributed by atoms with E-state index in [4.69, 9.17) is 0 Å². The smallest absolute Gasteiger partial charge is 0.115 e. The lowest BCUT2D eigenvalue weighted by atomic mass is 9.98. The van der Waals surface area contributed by atoms with E-state index in [-0.39, 0.29) is 0 Å². The molecule has 1 saturated heterocycles. The molecule has 1 unspecified atom stereocenters. The number of rotatable bonds is 5. The molecule has 3 heteroatoms. The predicted molar refractivity (Wildman–Crippen MR) is 122 cm³/mol. The molecule has 4 aromatic rings. The molecule has 5 rings (SSSR count). The topological polar surface area (TPSA) is 29.0 Å². The van der Waals surface area contributed by atoms with E-state index in [0.717, 1.165) is 17.7 Å². The minimum atomic E-state index is 0.514. The van der Waals surface area contributed by atoms with Crippen molar-refractivity contribution >= 4 is 0 Å². The van der Waals surface area contributed by atoms with Crippen LogP contribution in [-0.4, -0.2) is 21.4 Å². The van der Waals surface area contributed by atoms with Gasteiger partial charge in [0.25, 0.3) is 0 Å². The number of nitrogens with zero attached hydrogens (tertiary/aromatic N) is 3. The molecule has 0 spiro atoms. The predicted octanol–water partition coefficient (Wildman–Crippen LogP) is 6.15. The summed E-state index contributed by atoms with van der Waals surface area (Å²) in [6.07, 6.45) is 7.76. The Morgan fingerprint density at radius 3 is 1.97 bits per heavy atom. The highest BCUT2D eigenvalue weighted by Crippen LogP contribution is 2.34. The maximum atomic E-state index is 4.11. The normalized spacial score (nSPS) is 16.6. The van der Waals surface area contributed by atoms with Gasteiger partial charge in [0, 0.05) is 30.5 Å². The maximum absolute atomic E-state index is 4.11. The standard InChI is InChI=1S/C27H25N3/c1-2-5-21(6-3-1)19-30-16-4-7-27(30)25-14-12-23(13-15-25)22-8-10-24(11-9-22)26-17-28-20-29-18-26/h1-3,5-6,8-15,17-18,20,27H,4,7,16,19H2. The van der Waals surface area contributed by atoms with Crippen LogP contribution in [0, 0.1) is 0 Å². The van der Waals surface area contributed by atoms with Gasteiger partial charge in [0.05, 0.1) is 0 Å². The highest BCUT2D eigenvalue weighted by atomic mass is 15.2. The minimum absolute atomic E-state index is 0.514. The van der Waals surface area contributed by atoms with Crippen molar-refractivity contribution in [2.75, 3.05) is 6.54 Å². The number of benzene rings is 3. The number of hydrogen-bond acceptors (Lipinski definition) is 3. The van der Waals surface area contributed by atoms with Gasteiger partial charge in [-0.05, 0) is 47.2 Å². The summed E-state index contributed by atoms with van der Waals surface area (Å²) in [6.45, 7) is 2.20. The third-order valence-electron chi connectivity index (χ3n) is 6.00. The first-order valence-electron chi connectivity index (χ1n) is 10.6. The molecule has 0 radical (unpaired) electrons. The molecule has 0 aliphatic carbocycles. The molecule has 2 heterocycles. The summed E-state index contributed by atoms with van der Waals surface area (Å²) in [5.74, 6) is 0. The van der Waals surface area contributed by atoms with Crippen LogP contribution in [0.2, 0.25) is 0 Å². The minimum Gasteiger partial charge on any atom is -0.292 e. The van der Waals surface area contributed by atoms with Gasteiger partial charge in [0.1, 0.15) is 6.33 Å². The van der Waals surface area contributed by atoms with Gasteiger partial charge in [-0.3, -0.25) is 4.90 Å². The average Bonchev–Trinajstić information content (AvgIpc) is 3.29. The lowest BCUT2D eigenvalue weighted by molar-refractivity contribution is 0.248. The molecular weight excluding hydrogens is 366 g/mol. The van der Waals surface area contributed by atoms with E-state index in [1.165, 1.54) is 41.6 Å². The van der Waals surface area contributed by atoms with Crippen LogP contribution in [0.4, 0.5) is 0 Å². The second kappa shape index (κ2) is 8.60. The molecule has 1 aliphatic heterocycles. The van der Waals surface area contributed by atoms with Crippen LogP contribution in [-0.2, 0) is 6.54 Å². The van der Waals surface area contributed by atoms with Crippen LogP contribution in [0.25, 0.3) is 22.3 Å². The molecule has 1 aliphatic rings. The van der Waals surface area contributed by atoms with Gasteiger partial charge in [0.15, 0.2) is 0 Å². The van der Waals surface area contributed by atoms with Crippen LogP contribution in [0.15, 0.2) is 97.6 Å². The first kappa shape index (κ1) is 18.7. The Morgan fingerprint density at radius 2 is 1.30 bits per heavy atom. The van der Waals surface area contributed by atoms with E-state index < -0.39 is 0 Å². The molecule has 148 valence electrons. The number of hydrogen-bond donors (Lipinski definition) is 0. The van der Waals surface area contributed by atoms with Gasteiger partial charge in [0.2, 0.25) is 0 Å². The molecule has 3 nitrogen and oxygen atoms in total. The summed E-state index contributed by atoms with van der Waals surface area (Å²) < 4.78 is 0. The first-order chi connectivity index (χ1) is 14.9. The van der Waals surface area contributed by atoms with E-state index in [1.54, 1.807) is 6.33 Å². The molecule has 3 aromatic carbocycles. The molecule has 30 heavy (non-hydrogen) atoms. The van der Waals surface area contributed by atoms with Gasteiger partial charge in [-0.2, -0.15) is 0 Å². The summed E-state index contributed by atoms with van der Waals surface area (Å²) in [6, 6.07) is 29.1. The molecule has 0 amide bonds. The van der Waals surface area contributed by atoms with Gasteiger partial charge >= 0.3 is 0 Å². The van der Waals surface area contributed by atoms with Gasteiger partial charge in [-0.25, -0.2) is 9.97 Å². The number of aromatic nitrogens is 2. The highest BCUT2D eigenvalue weighted by Gasteiger charge is 2.25. The Hall–Kier alpha value is -3.30. The summed E-state index contributed by atoms with van der Waals surface area (Å²) in [7, 11) is 0. The van der Waals surface area contributed by atoms with Gasteiger partial charge in [-0.1, -0.05) is 78.9 Å². The Morgan fingerprint density at radius 1 is 0.700 bits per heavy atom. The lowest BCUT2D eigenvalue weighted by Gasteiger charge is -2.25. The van der Waals surface area contributed by atoms with E-state index in [9.17, 15) is 0 Å². The highest BCUT2D eigenvalue weighted by molar-refractivity contribution is 5.69. The average molecular weight is 392 g/mol. The van der Waals surface area contributed by atoms with Crippen LogP contribution >= 0.6 is 0 Å². The van der Waals surface area contributed by atoms with E-state index in [2.05, 4.69) is 93.7 Å². The zero-order valence-electron chi connectivity index (χ0n) is 17.0. The van der Waals surface area contributed by atoms with Crippen molar-refractivity contribution in [2.45, 2.75) is 25.4 Å². The van der Waals surface area contributed by atoms with Crippen molar-refractivity contribution < 1.29 is 0 Å². The quantitative estimate of drug-likeness (QED) is 0.409. The van der Waals surface area contributed by atoms with Gasteiger partial charge in [-0.15, -0.1) is 0 Å². The van der Waals surface area contributed by atoms with Gasteiger partial charge < -0.3 is 0 Å². The molecule has 1 aromatic heterocycles. The Kier molecular flexibility index (Phi) is 5.36. The second-order valence-corrected chi connectivity index (χ2v) is 7.94. The van der Waals surface area contributed by atoms with Crippen molar-refractivity contribution in [2.24, 2.45) is 0 Å². The molecular formula is C27H25N3. The van der Waals surface area contributed by atoms with Crippen molar-refractivity contribution in [3.8, 4) is 22.3 Å². The lowest BCUT2D eigenvalue weighted by Crippen LogP contribution is -2.22. The summed E-state index contributed by atoms with van der Waals surface area (Å²) in [4.78, 5) is 10.8. The van der Waals surface area contributed by atoms with E-state index in [0.29, 0.717) is 6.04 Å². The van der Waals surface area contributed by atoms with E-state index in [1.807, 2.05) is 12.4 Å². The second-order valence-electron chi connectivity index (χ2n) is 7.94. The summed E-state index contributed by atoms with van der Waals surface area (Å²) in [5.41, 5.74) is 7.48. The van der Waals surface area contributed by atoms with Crippen molar-refractivity contribution in [3.05, 3.63) is 109 Å². The molecule has 0 N–H and O–H groups in total. The van der Waals surface area contributed by atoms with Crippen molar-refractivity contribution in [1.82, 2.24) is 14.9 Å². The van der Waals surface area contributed by atoms with Crippen LogP contribution < -0.4 is 0 Å².